The lowest BCUT2D eigenvalue weighted by Crippen LogP contribution is -2.33. The maximum atomic E-state index is 13.8. The summed E-state index contributed by atoms with van der Waals surface area (Å²) in [5.74, 6) is -0.350. The summed E-state index contributed by atoms with van der Waals surface area (Å²) in [4.78, 5) is 13.8. The maximum absolute atomic E-state index is 13.8. The number of hydrogen-bond donors (Lipinski definition) is 0. The maximum Gasteiger partial charge on any atom is 0.338 e. The van der Waals surface area contributed by atoms with E-state index in [2.05, 4.69) is 24.3 Å². The molecule has 0 saturated carbocycles. The number of benzene rings is 4. The van der Waals surface area contributed by atoms with E-state index in [0.29, 0.717) is 5.57 Å². The average molecular weight is 445 g/mol. The van der Waals surface area contributed by atoms with Gasteiger partial charge in [0.15, 0.2) is 5.60 Å². The van der Waals surface area contributed by atoms with Gasteiger partial charge in [0.2, 0.25) is 0 Å². The molecule has 0 N–H and O–H groups in total. The normalized spacial score (nSPS) is 22.5. The van der Waals surface area contributed by atoms with E-state index in [4.69, 9.17) is 9.47 Å². The lowest BCUT2D eigenvalue weighted by atomic mass is 9.66. The number of esters is 1. The second kappa shape index (κ2) is 7.82. The van der Waals surface area contributed by atoms with E-state index in [9.17, 15) is 4.79 Å². The standard InChI is InChI=1S/C31H24O3/c1-2-33-29(32)28-27(22-14-6-3-7-15-22)30(23-16-8-4-9-17-23)25-20-12-13-21-26(25)31(28,34-30)24-18-10-5-11-19-24/h3-21H,2H2,1H3/t30-,31-/m1/s1. The molecule has 3 nitrogen and oxygen atoms in total. The third kappa shape index (κ3) is 2.65. The van der Waals surface area contributed by atoms with Crippen LogP contribution in [0.2, 0.25) is 0 Å². The van der Waals surface area contributed by atoms with Crippen molar-refractivity contribution >= 4 is 11.5 Å². The van der Waals surface area contributed by atoms with Crippen LogP contribution < -0.4 is 0 Å². The van der Waals surface area contributed by atoms with E-state index in [-0.39, 0.29) is 12.6 Å². The topological polar surface area (TPSA) is 35.5 Å². The van der Waals surface area contributed by atoms with Gasteiger partial charge < -0.3 is 9.47 Å². The minimum atomic E-state index is -1.08. The van der Waals surface area contributed by atoms with Gasteiger partial charge in [0, 0.05) is 5.57 Å². The number of ether oxygens (including phenoxy) is 2. The molecule has 0 unspecified atom stereocenters. The van der Waals surface area contributed by atoms with Gasteiger partial charge in [-0.2, -0.15) is 0 Å². The molecule has 0 fully saturated rings. The number of fused-ring (bicyclic) bond motifs is 5. The third-order valence-electron chi connectivity index (χ3n) is 6.85. The van der Waals surface area contributed by atoms with Crippen LogP contribution in [-0.2, 0) is 25.5 Å². The molecule has 2 heterocycles. The summed E-state index contributed by atoms with van der Waals surface area (Å²) in [5.41, 5.74) is 4.25. The molecule has 4 aromatic carbocycles. The fraction of sp³-hybridized carbons (Fsp3) is 0.129. The van der Waals surface area contributed by atoms with Crippen molar-refractivity contribution in [2.75, 3.05) is 6.61 Å². The molecular formula is C31H24O3. The van der Waals surface area contributed by atoms with E-state index in [1.165, 1.54) is 0 Å². The Morgan fingerprint density at radius 1 is 0.676 bits per heavy atom. The van der Waals surface area contributed by atoms with Crippen molar-refractivity contribution in [3.05, 3.63) is 149 Å². The first-order chi connectivity index (χ1) is 16.7. The van der Waals surface area contributed by atoms with Crippen LogP contribution in [0.3, 0.4) is 0 Å². The molecule has 2 bridgehead atoms. The fourth-order valence-corrected chi connectivity index (χ4v) is 5.62. The van der Waals surface area contributed by atoms with Crippen LogP contribution >= 0.6 is 0 Å². The molecule has 2 atom stereocenters. The molecule has 0 amide bonds. The van der Waals surface area contributed by atoms with Gasteiger partial charge in [-0.25, -0.2) is 4.79 Å². The molecule has 2 aliphatic rings. The summed E-state index contributed by atoms with van der Waals surface area (Å²) < 4.78 is 13.0. The molecule has 0 radical (unpaired) electrons. The minimum Gasteiger partial charge on any atom is -0.463 e. The van der Waals surface area contributed by atoms with Crippen LogP contribution in [0.25, 0.3) is 5.57 Å². The van der Waals surface area contributed by atoms with Crippen LogP contribution in [0.5, 0.6) is 0 Å². The van der Waals surface area contributed by atoms with Crippen molar-refractivity contribution < 1.29 is 14.3 Å². The van der Waals surface area contributed by atoms with Crippen LogP contribution in [0, 0.1) is 0 Å². The first-order valence-corrected chi connectivity index (χ1v) is 11.6. The Bertz CT molecular complexity index is 1390. The zero-order valence-electron chi connectivity index (χ0n) is 18.9. The summed E-state index contributed by atoms with van der Waals surface area (Å²) in [6.45, 7) is 2.13. The average Bonchev–Trinajstić information content (AvgIpc) is 3.40. The monoisotopic (exact) mass is 444 g/mol. The zero-order valence-corrected chi connectivity index (χ0v) is 18.9. The van der Waals surface area contributed by atoms with Gasteiger partial charge in [-0.15, -0.1) is 0 Å². The number of carbonyl (C=O) groups is 1. The van der Waals surface area contributed by atoms with E-state index >= 15 is 0 Å². The third-order valence-corrected chi connectivity index (χ3v) is 6.85. The number of rotatable bonds is 5. The molecule has 34 heavy (non-hydrogen) atoms. The summed E-state index contributed by atoms with van der Waals surface area (Å²) >= 11 is 0. The molecule has 0 aliphatic carbocycles. The van der Waals surface area contributed by atoms with Crippen LogP contribution in [-0.4, -0.2) is 12.6 Å². The molecule has 0 aromatic heterocycles. The van der Waals surface area contributed by atoms with Crippen LogP contribution in [0.1, 0.15) is 34.7 Å². The van der Waals surface area contributed by atoms with Crippen molar-refractivity contribution in [1.82, 2.24) is 0 Å². The SMILES string of the molecule is CCOC(=O)C1=C(c2ccccc2)[C@]2(c3ccccc3)O[C@]1(c1ccccc1)c1ccccc12. The van der Waals surface area contributed by atoms with Crippen molar-refractivity contribution in [3.63, 3.8) is 0 Å². The summed E-state index contributed by atoms with van der Waals surface area (Å²) in [6, 6.07) is 38.5. The Morgan fingerprint density at radius 3 is 1.71 bits per heavy atom. The highest BCUT2D eigenvalue weighted by molar-refractivity contribution is 6.07. The zero-order chi connectivity index (χ0) is 23.2. The second-order valence-electron chi connectivity index (χ2n) is 8.58. The minimum absolute atomic E-state index is 0.287. The van der Waals surface area contributed by atoms with Gasteiger partial charge in [-0.3, -0.25) is 0 Å². The smallest absolute Gasteiger partial charge is 0.338 e. The predicted molar refractivity (Wildman–Crippen MR) is 132 cm³/mol. The van der Waals surface area contributed by atoms with Gasteiger partial charge in [-0.1, -0.05) is 115 Å². The molecule has 2 aliphatic heterocycles. The van der Waals surface area contributed by atoms with Crippen LogP contribution in [0.4, 0.5) is 0 Å². The highest BCUT2D eigenvalue weighted by Crippen LogP contribution is 2.68. The first-order valence-electron chi connectivity index (χ1n) is 11.6. The van der Waals surface area contributed by atoms with Gasteiger partial charge in [0.25, 0.3) is 0 Å². The van der Waals surface area contributed by atoms with Gasteiger partial charge in [-0.05, 0) is 34.7 Å². The van der Waals surface area contributed by atoms with E-state index in [1.54, 1.807) is 0 Å². The predicted octanol–water partition coefficient (Wildman–Crippen LogP) is 6.23. The quantitative estimate of drug-likeness (QED) is 0.342. The van der Waals surface area contributed by atoms with Crippen LogP contribution in [0.15, 0.2) is 121 Å². The molecular weight excluding hydrogens is 420 g/mol. The van der Waals surface area contributed by atoms with Crippen molar-refractivity contribution in [2.24, 2.45) is 0 Å². The number of hydrogen-bond acceptors (Lipinski definition) is 3. The Labute approximate surface area is 199 Å². The fourth-order valence-electron chi connectivity index (χ4n) is 5.62. The largest absolute Gasteiger partial charge is 0.463 e. The second-order valence-corrected chi connectivity index (χ2v) is 8.58. The van der Waals surface area contributed by atoms with E-state index < -0.39 is 11.2 Å². The Hall–Kier alpha value is -3.95. The summed E-state index contributed by atoms with van der Waals surface area (Å²) in [7, 11) is 0. The molecule has 6 rings (SSSR count). The van der Waals surface area contributed by atoms with Gasteiger partial charge in [0.1, 0.15) is 5.60 Å². The van der Waals surface area contributed by atoms with E-state index in [0.717, 1.165) is 33.4 Å². The lowest BCUT2D eigenvalue weighted by Gasteiger charge is -2.32. The Kier molecular flexibility index (Phi) is 4.75. The van der Waals surface area contributed by atoms with Gasteiger partial charge in [0.05, 0.1) is 12.2 Å². The van der Waals surface area contributed by atoms with Crippen molar-refractivity contribution in [2.45, 2.75) is 18.1 Å². The molecule has 3 heteroatoms. The molecule has 166 valence electrons. The highest BCUT2D eigenvalue weighted by atomic mass is 16.6. The van der Waals surface area contributed by atoms with Gasteiger partial charge >= 0.3 is 5.97 Å². The number of carbonyl (C=O) groups excluding carboxylic acids is 1. The first kappa shape index (κ1) is 20.6. The summed E-state index contributed by atoms with van der Waals surface area (Å²) in [6.07, 6.45) is 0. The lowest BCUT2D eigenvalue weighted by molar-refractivity contribution is -0.141. The summed E-state index contributed by atoms with van der Waals surface area (Å²) in [5, 5.41) is 0. The Balaban J connectivity index is 1.80. The highest BCUT2D eigenvalue weighted by Gasteiger charge is 2.67. The Morgan fingerprint density at radius 2 is 1.15 bits per heavy atom. The van der Waals surface area contributed by atoms with E-state index in [1.807, 2.05) is 97.9 Å². The van der Waals surface area contributed by atoms with Crippen molar-refractivity contribution in [3.8, 4) is 0 Å². The van der Waals surface area contributed by atoms with Crippen molar-refractivity contribution in [1.29, 1.82) is 0 Å². The molecule has 4 aromatic rings. The molecule has 0 saturated heterocycles. The molecule has 0 spiro atoms.